The number of carbonyl (C=O) groups excluding carboxylic acids is 1. The Morgan fingerprint density at radius 3 is 2.84 bits per heavy atom. The van der Waals surface area contributed by atoms with Crippen LogP contribution in [0.2, 0.25) is 0 Å². The molecule has 0 radical (unpaired) electrons. The molecule has 0 spiro atoms. The third-order valence-electron chi connectivity index (χ3n) is 3.68. The van der Waals surface area contributed by atoms with Crippen LogP contribution in [0.5, 0.6) is 0 Å². The first kappa shape index (κ1) is 18.9. The maximum absolute atomic E-state index is 11.7. The highest BCUT2D eigenvalue weighted by molar-refractivity contribution is 7.09. The average Bonchev–Trinajstić information content (AvgIpc) is 3.12. The molecule has 0 atom stereocenters. The van der Waals surface area contributed by atoms with Crippen LogP contribution in [0.25, 0.3) is 0 Å². The average molecular weight is 359 g/mol. The molecule has 0 aliphatic rings. The summed E-state index contributed by atoms with van der Waals surface area (Å²) in [7, 11) is 3.39. The zero-order valence-electron chi connectivity index (χ0n) is 14.9. The van der Waals surface area contributed by atoms with E-state index in [9.17, 15) is 4.79 Å². The van der Waals surface area contributed by atoms with Crippen molar-refractivity contribution in [1.82, 2.24) is 20.9 Å². The molecule has 0 unspecified atom stereocenters. The summed E-state index contributed by atoms with van der Waals surface area (Å²) in [5.41, 5.74) is 2.82. The fraction of sp³-hybridized carbons (Fsp3) is 0.389. The molecule has 0 aliphatic carbocycles. The number of nitrogens with one attached hydrogen (secondary N) is 3. The Morgan fingerprint density at radius 2 is 2.16 bits per heavy atom. The molecule has 0 bridgehead atoms. The number of hydrogen-bond acceptors (Lipinski definition) is 4. The van der Waals surface area contributed by atoms with Crippen molar-refractivity contribution < 1.29 is 4.79 Å². The minimum atomic E-state index is -0.0676. The number of amides is 1. The number of rotatable bonds is 7. The normalized spacial score (nSPS) is 11.2. The van der Waals surface area contributed by atoms with Crippen LogP contribution in [0.3, 0.4) is 0 Å². The molecule has 0 saturated carbocycles. The van der Waals surface area contributed by atoms with Crippen molar-refractivity contribution in [3.63, 3.8) is 0 Å². The van der Waals surface area contributed by atoms with Gasteiger partial charge in [0.2, 0.25) is 0 Å². The summed E-state index contributed by atoms with van der Waals surface area (Å²) < 4.78 is 0. The van der Waals surface area contributed by atoms with Crippen LogP contribution in [0.1, 0.15) is 33.5 Å². The van der Waals surface area contributed by atoms with Crippen LogP contribution in [-0.2, 0) is 19.4 Å². The molecule has 1 heterocycles. The van der Waals surface area contributed by atoms with Crippen molar-refractivity contribution in [1.29, 1.82) is 0 Å². The van der Waals surface area contributed by atoms with E-state index in [0.29, 0.717) is 12.1 Å². The van der Waals surface area contributed by atoms with Gasteiger partial charge in [0.05, 0.1) is 17.2 Å². The lowest BCUT2D eigenvalue weighted by atomic mass is 10.1. The second kappa shape index (κ2) is 9.78. The van der Waals surface area contributed by atoms with Crippen molar-refractivity contribution >= 4 is 23.2 Å². The van der Waals surface area contributed by atoms with Crippen molar-refractivity contribution in [2.45, 2.75) is 26.3 Å². The Labute approximate surface area is 152 Å². The molecule has 1 aromatic carbocycles. The van der Waals surface area contributed by atoms with E-state index in [2.05, 4.69) is 38.2 Å². The Kier molecular flexibility index (Phi) is 7.40. The van der Waals surface area contributed by atoms with Crippen molar-refractivity contribution in [2.24, 2.45) is 4.99 Å². The molecule has 0 fully saturated rings. The first-order chi connectivity index (χ1) is 12.2. The number of guanidine groups is 1. The van der Waals surface area contributed by atoms with Crippen LogP contribution in [-0.4, -0.2) is 37.5 Å². The molecule has 2 aromatic rings. The highest BCUT2D eigenvalue weighted by Gasteiger charge is 2.05. The van der Waals surface area contributed by atoms with E-state index in [-0.39, 0.29) is 5.91 Å². The molecule has 25 heavy (non-hydrogen) atoms. The Hall–Kier alpha value is -2.41. The Morgan fingerprint density at radius 1 is 1.32 bits per heavy atom. The molecular weight excluding hydrogens is 334 g/mol. The first-order valence-corrected chi connectivity index (χ1v) is 9.23. The first-order valence-electron chi connectivity index (χ1n) is 8.35. The van der Waals surface area contributed by atoms with E-state index in [1.54, 1.807) is 25.4 Å². The Bertz CT molecular complexity index is 726. The van der Waals surface area contributed by atoms with Crippen LogP contribution < -0.4 is 16.0 Å². The smallest absolute Gasteiger partial charge is 0.251 e. The number of aliphatic imine (C=N–C) groups is 1. The monoisotopic (exact) mass is 359 g/mol. The predicted molar refractivity (Wildman–Crippen MR) is 103 cm³/mol. The van der Waals surface area contributed by atoms with Gasteiger partial charge in [0.15, 0.2) is 5.96 Å². The number of aromatic nitrogens is 1. The largest absolute Gasteiger partial charge is 0.356 e. The second-order valence-electron chi connectivity index (χ2n) is 5.47. The maximum atomic E-state index is 11.7. The Balaban J connectivity index is 1.80. The minimum Gasteiger partial charge on any atom is -0.356 e. The second-order valence-corrected chi connectivity index (χ2v) is 6.41. The van der Waals surface area contributed by atoms with Gasteiger partial charge in [-0.15, -0.1) is 11.3 Å². The molecule has 1 aromatic heterocycles. The van der Waals surface area contributed by atoms with Gasteiger partial charge in [0.1, 0.15) is 0 Å². The lowest BCUT2D eigenvalue weighted by Gasteiger charge is -2.11. The van der Waals surface area contributed by atoms with Crippen LogP contribution in [0.15, 0.2) is 34.6 Å². The van der Waals surface area contributed by atoms with Gasteiger partial charge in [-0.05, 0) is 30.5 Å². The van der Waals surface area contributed by atoms with Gasteiger partial charge < -0.3 is 16.0 Å². The quantitative estimate of drug-likeness (QED) is 0.522. The molecule has 134 valence electrons. The van der Waals surface area contributed by atoms with E-state index in [4.69, 9.17) is 0 Å². The highest BCUT2D eigenvalue weighted by atomic mass is 32.1. The molecule has 0 saturated heterocycles. The number of hydrogen-bond donors (Lipinski definition) is 3. The van der Waals surface area contributed by atoms with E-state index >= 15 is 0 Å². The molecule has 7 heteroatoms. The molecule has 0 aliphatic heterocycles. The van der Waals surface area contributed by atoms with Crippen molar-refractivity contribution in [3.8, 4) is 0 Å². The lowest BCUT2D eigenvalue weighted by Crippen LogP contribution is -2.37. The maximum Gasteiger partial charge on any atom is 0.251 e. The summed E-state index contributed by atoms with van der Waals surface area (Å²) in [6, 6.07) is 7.65. The van der Waals surface area contributed by atoms with Gasteiger partial charge in [-0.1, -0.05) is 19.1 Å². The van der Waals surface area contributed by atoms with E-state index in [0.717, 1.165) is 41.6 Å². The van der Waals surface area contributed by atoms with E-state index in [1.807, 2.05) is 24.3 Å². The van der Waals surface area contributed by atoms with Gasteiger partial charge in [-0.2, -0.15) is 0 Å². The van der Waals surface area contributed by atoms with Crippen LogP contribution in [0, 0.1) is 0 Å². The molecule has 1 amide bonds. The van der Waals surface area contributed by atoms with Crippen molar-refractivity contribution in [2.75, 3.05) is 20.6 Å². The zero-order valence-corrected chi connectivity index (χ0v) is 15.7. The minimum absolute atomic E-state index is 0.0676. The number of aryl methyl sites for hydroxylation is 1. The number of nitrogens with zero attached hydrogens (tertiary/aromatic N) is 2. The van der Waals surface area contributed by atoms with Crippen molar-refractivity contribution in [3.05, 3.63) is 51.5 Å². The fourth-order valence-electron chi connectivity index (χ4n) is 2.33. The molecular formula is C18H25N5OS. The summed E-state index contributed by atoms with van der Waals surface area (Å²) >= 11 is 1.69. The summed E-state index contributed by atoms with van der Waals surface area (Å²) in [5.74, 6) is 0.676. The topological polar surface area (TPSA) is 78.4 Å². The number of benzene rings is 1. The fourth-order valence-corrected chi connectivity index (χ4v) is 3.07. The number of carbonyl (C=O) groups is 1. The zero-order chi connectivity index (χ0) is 18.1. The molecule has 2 rings (SSSR count). The predicted octanol–water partition coefficient (Wildman–Crippen LogP) is 1.97. The SMILES string of the molecule is CCc1nc(CNC(=NC)NCCc2cccc(C(=O)NC)c2)cs1. The third-order valence-corrected chi connectivity index (χ3v) is 4.73. The van der Waals surface area contributed by atoms with Gasteiger partial charge >= 0.3 is 0 Å². The van der Waals surface area contributed by atoms with Gasteiger partial charge in [-0.3, -0.25) is 9.79 Å². The summed E-state index contributed by atoms with van der Waals surface area (Å²) in [6.07, 6.45) is 1.77. The van der Waals surface area contributed by atoms with Gasteiger partial charge in [0.25, 0.3) is 5.91 Å². The molecule has 3 N–H and O–H groups in total. The lowest BCUT2D eigenvalue weighted by molar-refractivity contribution is 0.0963. The van der Waals surface area contributed by atoms with Gasteiger partial charge in [-0.25, -0.2) is 4.98 Å². The van der Waals surface area contributed by atoms with Crippen LogP contribution >= 0.6 is 11.3 Å². The third kappa shape index (κ3) is 5.86. The van der Waals surface area contributed by atoms with Crippen LogP contribution in [0.4, 0.5) is 0 Å². The molecule has 6 nitrogen and oxygen atoms in total. The summed E-state index contributed by atoms with van der Waals surface area (Å²) in [5, 5.41) is 12.4. The highest BCUT2D eigenvalue weighted by Crippen LogP contribution is 2.09. The van der Waals surface area contributed by atoms with E-state index < -0.39 is 0 Å². The summed E-state index contributed by atoms with van der Waals surface area (Å²) in [6.45, 7) is 3.49. The van der Waals surface area contributed by atoms with E-state index in [1.165, 1.54) is 0 Å². The summed E-state index contributed by atoms with van der Waals surface area (Å²) in [4.78, 5) is 20.4. The van der Waals surface area contributed by atoms with Gasteiger partial charge in [0, 0.05) is 31.6 Å². The standard InChI is InChI=1S/C18H25N5OS/c1-4-16-23-15(12-25-16)11-22-18(20-3)21-9-8-13-6-5-7-14(10-13)17(24)19-2/h5-7,10,12H,4,8-9,11H2,1-3H3,(H,19,24)(H2,20,21,22). The number of thiazole rings is 1.